The summed E-state index contributed by atoms with van der Waals surface area (Å²) in [5.74, 6) is -0.184. The Morgan fingerprint density at radius 2 is 2.11 bits per heavy atom. The number of benzene rings is 1. The van der Waals surface area contributed by atoms with E-state index in [0.29, 0.717) is 17.3 Å². The summed E-state index contributed by atoms with van der Waals surface area (Å²) >= 11 is 7.27. The molecule has 1 aromatic rings. The number of amides is 1. The lowest BCUT2D eigenvalue weighted by molar-refractivity contribution is -0.117. The van der Waals surface area contributed by atoms with E-state index in [4.69, 9.17) is 11.6 Å². The van der Waals surface area contributed by atoms with E-state index in [1.807, 2.05) is 30.5 Å². The van der Waals surface area contributed by atoms with Crippen molar-refractivity contribution in [1.82, 2.24) is 16.1 Å². The fraction of sp³-hybridized carbons (Fsp3) is 0.333. The fourth-order valence-corrected chi connectivity index (χ4v) is 2.25. The van der Waals surface area contributed by atoms with Gasteiger partial charge in [-0.05, 0) is 30.9 Å². The quantitative estimate of drug-likeness (QED) is 0.737. The van der Waals surface area contributed by atoms with Gasteiger partial charge in [0.05, 0.1) is 0 Å². The SMILES string of the molecule is CS[C@]1(NCc2ccc(Cl)cc2)NN=C(C)C(=O)N1. The minimum Gasteiger partial charge on any atom is -0.306 e. The molecule has 19 heavy (non-hydrogen) atoms. The van der Waals surface area contributed by atoms with Gasteiger partial charge in [-0.2, -0.15) is 5.10 Å². The second-order valence-corrected chi connectivity index (χ2v) is 5.59. The molecule has 1 aliphatic heterocycles. The monoisotopic (exact) mass is 298 g/mol. The van der Waals surface area contributed by atoms with Crippen LogP contribution in [-0.2, 0) is 11.3 Å². The number of halogens is 1. The lowest BCUT2D eigenvalue weighted by Gasteiger charge is -2.36. The van der Waals surface area contributed by atoms with E-state index >= 15 is 0 Å². The van der Waals surface area contributed by atoms with E-state index < -0.39 is 5.12 Å². The summed E-state index contributed by atoms with van der Waals surface area (Å²) in [7, 11) is 0. The van der Waals surface area contributed by atoms with Crippen molar-refractivity contribution in [2.24, 2.45) is 5.10 Å². The molecular weight excluding hydrogens is 284 g/mol. The average molecular weight is 299 g/mol. The predicted octanol–water partition coefficient (Wildman–Crippen LogP) is 1.50. The van der Waals surface area contributed by atoms with Crippen LogP contribution in [0.3, 0.4) is 0 Å². The van der Waals surface area contributed by atoms with Crippen LogP contribution in [-0.4, -0.2) is 23.0 Å². The van der Waals surface area contributed by atoms with E-state index in [9.17, 15) is 4.79 Å². The first-order chi connectivity index (χ1) is 9.04. The zero-order chi connectivity index (χ0) is 13.9. The summed E-state index contributed by atoms with van der Waals surface area (Å²) in [5, 5.41) is 10.0. The molecule has 2 rings (SSSR count). The maximum Gasteiger partial charge on any atom is 0.270 e. The lowest BCUT2D eigenvalue weighted by Crippen LogP contribution is -2.67. The predicted molar refractivity (Wildman–Crippen MR) is 78.9 cm³/mol. The second-order valence-electron chi connectivity index (χ2n) is 4.13. The van der Waals surface area contributed by atoms with Crippen molar-refractivity contribution < 1.29 is 4.79 Å². The molecule has 0 aliphatic carbocycles. The molecule has 0 fully saturated rings. The van der Waals surface area contributed by atoms with Gasteiger partial charge < -0.3 is 5.32 Å². The van der Waals surface area contributed by atoms with Crippen molar-refractivity contribution in [3.63, 3.8) is 0 Å². The molecule has 0 unspecified atom stereocenters. The van der Waals surface area contributed by atoms with Gasteiger partial charge in [-0.3, -0.25) is 15.5 Å². The molecule has 0 saturated carbocycles. The summed E-state index contributed by atoms with van der Waals surface area (Å²) in [5.41, 5.74) is 4.41. The number of carbonyl (C=O) groups is 1. The topological polar surface area (TPSA) is 65.5 Å². The molecule has 1 aromatic carbocycles. The molecular formula is C12H15ClN4OS. The zero-order valence-corrected chi connectivity index (χ0v) is 12.2. The van der Waals surface area contributed by atoms with Crippen LogP contribution >= 0.6 is 23.4 Å². The third-order valence-electron chi connectivity index (χ3n) is 2.76. The molecule has 7 heteroatoms. The van der Waals surface area contributed by atoms with Gasteiger partial charge in [0.1, 0.15) is 5.71 Å². The summed E-state index contributed by atoms with van der Waals surface area (Å²) in [4.78, 5) is 11.7. The minimum absolute atomic E-state index is 0.184. The van der Waals surface area contributed by atoms with Crippen molar-refractivity contribution >= 4 is 35.0 Å². The molecule has 0 bridgehead atoms. The first-order valence-corrected chi connectivity index (χ1v) is 7.33. The Hall–Kier alpha value is -1.24. The third-order valence-corrected chi connectivity index (χ3v) is 3.96. The minimum atomic E-state index is -0.782. The van der Waals surface area contributed by atoms with Crippen molar-refractivity contribution in [3.8, 4) is 0 Å². The molecule has 0 spiro atoms. The summed E-state index contributed by atoms with van der Waals surface area (Å²) in [6.07, 6.45) is 1.89. The van der Waals surface area contributed by atoms with Gasteiger partial charge in [0.25, 0.3) is 5.91 Å². The highest BCUT2D eigenvalue weighted by atomic mass is 35.5. The zero-order valence-electron chi connectivity index (χ0n) is 10.7. The average Bonchev–Trinajstić information content (AvgIpc) is 2.42. The Bertz CT molecular complexity index is 505. The molecule has 1 aliphatic rings. The maximum absolute atomic E-state index is 11.7. The summed E-state index contributed by atoms with van der Waals surface area (Å²) in [6.45, 7) is 2.24. The summed E-state index contributed by atoms with van der Waals surface area (Å²) < 4.78 is 0. The molecule has 1 amide bonds. The van der Waals surface area contributed by atoms with Gasteiger partial charge in [-0.1, -0.05) is 35.5 Å². The Kier molecular flexibility index (Phi) is 4.34. The molecule has 5 nitrogen and oxygen atoms in total. The van der Waals surface area contributed by atoms with Gasteiger partial charge >= 0.3 is 0 Å². The Morgan fingerprint density at radius 1 is 1.42 bits per heavy atom. The number of hydrogen-bond acceptors (Lipinski definition) is 5. The van der Waals surface area contributed by atoms with Gasteiger partial charge in [0, 0.05) is 11.6 Å². The molecule has 0 aromatic heterocycles. The smallest absolute Gasteiger partial charge is 0.270 e. The highest BCUT2D eigenvalue weighted by Gasteiger charge is 2.34. The molecule has 1 atom stereocenters. The molecule has 102 valence electrons. The number of hydrazone groups is 1. The Labute approximate surface area is 121 Å². The number of rotatable bonds is 4. The van der Waals surface area contributed by atoms with Gasteiger partial charge in [-0.15, -0.1) is 0 Å². The van der Waals surface area contributed by atoms with Gasteiger partial charge in [0.15, 0.2) is 0 Å². The molecule has 1 heterocycles. The number of hydrogen-bond donors (Lipinski definition) is 3. The van der Waals surface area contributed by atoms with Crippen LogP contribution in [0.25, 0.3) is 0 Å². The van der Waals surface area contributed by atoms with Crippen molar-refractivity contribution in [3.05, 3.63) is 34.9 Å². The first kappa shape index (κ1) is 14.2. The van der Waals surface area contributed by atoms with Crippen LogP contribution in [0.4, 0.5) is 0 Å². The number of thioether (sulfide) groups is 1. The van der Waals surface area contributed by atoms with Crippen molar-refractivity contribution in [2.75, 3.05) is 6.26 Å². The lowest BCUT2D eigenvalue weighted by atomic mass is 10.2. The van der Waals surface area contributed by atoms with Crippen LogP contribution < -0.4 is 16.1 Å². The van der Waals surface area contributed by atoms with E-state index in [1.165, 1.54) is 11.8 Å². The van der Waals surface area contributed by atoms with E-state index in [1.54, 1.807) is 6.92 Å². The van der Waals surface area contributed by atoms with Gasteiger partial charge in [-0.25, -0.2) is 0 Å². The van der Waals surface area contributed by atoms with Crippen LogP contribution in [0.15, 0.2) is 29.4 Å². The number of carbonyl (C=O) groups excluding carboxylic acids is 1. The van der Waals surface area contributed by atoms with Crippen LogP contribution in [0.1, 0.15) is 12.5 Å². The van der Waals surface area contributed by atoms with Crippen molar-refractivity contribution in [2.45, 2.75) is 18.6 Å². The highest BCUT2D eigenvalue weighted by Crippen LogP contribution is 2.17. The Balaban J connectivity index is 2.04. The normalized spacial score (nSPS) is 22.5. The van der Waals surface area contributed by atoms with Crippen molar-refractivity contribution in [1.29, 1.82) is 0 Å². The third kappa shape index (κ3) is 3.40. The number of nitrogens with zero attached hydrogens (tertiary/aromatic N) is 1. The van der Waals surface area contributed by atoms with Gasteiger partial charge in [0.2, 0.25) is 5.12 Å². The second kappa shape index (κ2) is 5.81. The standard InChI is InChI=1S/C12H15ClN4OS/c1-8-11(18)15-12(19-2,17-16-8)14-7-9-3-5-10(13)6-4-9/h3-6,14,17H,7H2,1-2H3,(H,15,18)/t12-/m0/s1. The van der Waals surface area contributed by atoms with Crippen LogP contribution in [0.5, 0.6) is 0 Å². The summed E-state index contributed by atoms with van der Waals surface area (Å²) in [6, 6.07) is 7.53. The highest BCUT2D eigenvalue weighted by molar-refractivity contribution is 7.99. The molecule has 0 radical (unpaired) electrons. The van der Waals surface area contributed by atoms with E-state index in [0.717, 1.165) is 5.56 Å². The van der Waals surface area contributed by atoms with E-state index in [2.05, 4.69) is 21.2 Å². The molecule has 3 N–H and O–H groups in total. The maximum atomic E-state index is 11.7. The first-order valence-electron chi connectivity index (χ1n) is 5.73. The number of nitrogens with one attached hydrogen (secondary N) is 3. The largest absolute Gasteiger partial charge is 0.306 e. The van der Waals surface area contributed by atoms with Crippen LogP contribution in [0.2, 0.25) is 5.02 Å². The fourth-order valence-electron chi connectivity index (χ4n) is 1.57. The molecule has 0 saturated heterocycles. The van der Waals surface area contributed by atoms with Crippen LogP contribution in [0, 0.1) is 0 Å². The Morgan fingerprint density at radius 3 is 2.68 bits per heavy atom. The van der Waals surface area contributed by atoms with E-state index in [-0.39, 0.29) is 5.91 Å².